The molecule has 3 heterocycles. The first-order valence-corrected chi connectivity index (χ1v) is 6.59. The number of rotatable bonds is 1. The molecule has 3 saturated heterocycles. The molecule has 4 atom stereocenters. The van der Waals surface area contributed by atoms with E-state index >= 15 is 0 Å². The molecule has 0 aromatic carbocycles. The molecule has 0 aromatic rings. The maximum atomic E-state index is 11.8. The number of hydrogen-bond donors (Lipinski definition) is 0. The summed E-state index contributed by atoms with van der Waals surface area (Å²) in [5.41, 5.74) is 0. The Hall–Kier alpha value is -0.530. The molecule has 0 aromatic heterocycles. The maximum Gasteiger partial charge on any atom is 0.190 e. The SMILES string of the molecule is CC1(C)O[C@H]2[C@@H]([C@H]3COC(C)(C)O3)OCC(=O)[C@H]2O1. The standard InChI is InChI=1S/C13H20O6/c1-12(2)16-6-8(17-12)10-11-9(7(14)5-15-10)18-13(3,4)19-11/h8-11H,5-6H2,1-4H3/t8-,9-,10-,11-/m1/s1. The van der Waals surface area contributed by atoms with E-state index in [2.05, 4.69) is 0 Å². The minimum atomic E-state index is -0.772. The van der Waals surface area contributed by atoms with Gasteiger partial charge in [-0.25, -0.2) is 0 Å². The van der Waals surface area contributed by atoms with Gasteiger partial charge < -0.3 is 23.7 Å². The van der Waals surface area contributed by atoms with E-state index in [-0.39, 0.29) is 24.6 Å². The highest BCUT2D eigenvalue weighted by molar-refractivity contribution is 5.86. The quantitative estimate of drug-likeness (QED) is 0.697. The molecule has 0 bridgehead atoms. The normalized spacial score (nSPS) is 44.3. The van der Waals surface area contributed by atoms with Crippen LogP contribution in [0.5, 0.6) is 0 Å². The maximum absolute atomic E-state index is 11.8. The summed E-state index contributed by atoms with van der Waals surface area (Å²) in [5, 5.41) is 0. The Labute approximate surface area is 112 Å². The van der Waals surface area contributed by atoms with E-state index in [1.807, 2.05) is 13.8 Å². The molecule has 0 saturated carbocycles. The number of ketones is 1. The molecule has 3 rings (SSSR count). The van der Waals surface area contributed by atoms with E-state index in [1.165, 1.54) is 0 Å². The van der Waals surface area contributed by atoms with Gasteiger partial charge in [-0.3, -0.25) is 4.79 Å². The lowest BCUT2D eigenvalue weighted by Crippen LogP contribution is -2.54. The molecule has 0 N–H and O–H groups in total. The van der Waals surface area contributed by atoms with Crippen LogP contribution in [-0.4, -0.2) is 55.0 Å². The third kappa shape index (κ3) is 2.43. The second kappa shape index (κ2) is 4.23. The molecule has 0 radical (unpaired) electrons. The van der Waals surface area contributed by atoms with E-state index in [1.54, 1.807) is 13.8 Å². The Bertz CT molecular complexity index is 391. The van der Waals surface area contributed by atoms with Crippen molar-refractivity contribution in [3.8, 4) is 0 Å². The van der Waals surface area contributed by atoms with Crippen LogP contribution in [0, 0.1) is 0 Å². The molecule has 108 valence electrons. The third-order valence-electron chi connectivity index (χ3n) is 3.59. The number of ether oxygens (including phenoxy) is 5. The number of Topliss-reactive ketones (excluding diaryl/α,β-unsaturated/α-hetero) is 1. The second-order valence-corrected chi connectivity index (χ2v) is 6.13. The van der Waals surface area contributed by atoms with E-state index < -0.39 is 23.8 Å². The zero-order valence-corrected chi connectivity index (χ0v) is 11.7. The Morgan fingerprint density at radius 2 is 1.74 bits per heavy atom. The molecule has 0 amide bonds. The molecule has 0 unspecified atom stereocenters. The van der Waals surface area contributed by atoms with Gasteiger partial charge >= 0.3 is 0 Å². The van der Waals surface area contributed by atoms with Crippen molar-refractivity contribution in [2.45, 2.75) is 63.7 Å². The summed E-state index contributed by atoms with van der Waals surface area (Å²) in [7, 11) is 0. The largest absolute Gasteiger partial charge is 0.365 e. The van der Waals surface area contributed by atoms with Crippen LogP contribution in [0.25, 0.3) is 0 Å². The average Bonchev–Trinajstić information content (AvgIpc) is 2.79. The van der Waals surface area contributed by atoms with Gasteiger partial charge in [0.2, 0.25) is 0 Å². The fourth-order valence-corrected chi connectivity index (χ4v) is 2.83. The Kier molecular flexibility index (Phi) is 3.00. The van der Waals surface area contributed by atoms with Crippen LogP contribution in [0.4, 0.5) is 0 Å². The molecule has 0 aliphatic carbocycles. The molecule has 6 nitrogen and oxygen atoms in total. The molecule has 3 aliphatic rings. The van der Waals surface area contributed by atoms with Gasteiger partial charge in [-0.15, -0.1) is 0 Å². The first kappa shape index (κ1) is 13.5. The van der Waals surface area contributed by atoms with Crippen molar-refractivity contribution in [3.05, 3.63) is 0 Å². The van der Waals surface area contributed by atoms with Crippen LogP contribution in [0.2, 0.25) is 0 Å². The van der Waals surface area contributed by atoms with Crippen molar-refractivity contribution in [1.29, 1.82) is 0 Å². The number of fused-ring (bicyclic) bond motifs is 1. The smallest absolute Gasteiger partial charge is 0.190 e. The summed E-state index contributed by atoms with van der Waals surface area (Å²) in [6, 6.07) is 0. The Morgan fingerprint density at radius 1 is 1.00 bits per heavy atom. The third-order valence-corrected chi connectivity index (χ3v) is 3.59. The van der Waals surface area contributed by atoms with Crippen molar-refractivity contribution < 1.29 is 28.5 Å². The van der Waals surface area contributed by atoms with E-state index in [0.717, 1.165) is 0 Å². The van der Waals surface area contributed by atoms with E-state index in [0.29, 0.717) is 6.61 Å². The summed E-state index contributed by atoms with van der Waals surface area (Å²) in [6.07, 6.45) is -1.58. The van der Waals surface area contributed by atoms with Crippen LogP contribution in [0.1, 0.15) is 27.7 Å². The van der Waals surface area contributed by atoms with Gasteiger partial charge in [0.25, 0.3) is 0 Å². The lowest BCUT2D eigenvalue weighted by Gasteiger charge is -2.33. The first-order valence-electron chi connectivity index (χ1n) is 6.59. The summed E-state index contributed by atoms with van der Waals surface area (Å²) in [6.45, 7) is 7.77. The van der Waals surface area contributed by atoms with Gasteiger partial charge in [-0.2, -0.15) is 0 Å². The van der Waals surface area contributed by atoms with Crippen LogP contribution in [-0.2, 0) is 28.5 Å². The van der Waals surface area contributed by atoms with Gasteiger partial charge in [0, 0.05) is 0 Å². The first-order chi connectivity index (χ1) is 8.77. The highest BCUT2D eigenvalue weighted by Gasteiger charge is 2.55. The van der Waals surface area contributed by atoms with E-state index in [4.69, 9.17) is 23.7 Å². The molecule has 3 fully saturated rings. The molecular weight excluding hydrogens is 252 g/mol. The number of carbonyl (C=O) groups excluding carboxylic acids is 1. The summed E-state index contributed by atoms with van der Waals surface area (Å²) < 4.78 is 28.4. The second-order valence-electron chi connectivity index (χ2n) is 6.13. The van der Waals surface area contributed by atoms with Crippen molar-refractivity contribution in [3.63, 3.8) is 0 Å². The number of hydrogen-bond acceptors (Lipinski definition) is 6. The molecular formula is C13H20O6. The zero-order valence-electron chi connectivity index (χ0n) is 11.7. The average molecular weight is 272 g/mol. The topological polar surface area (TPSA) is 63.2 Å². The monoisotopic (exact) mass is 272 g/mol. The van der Waals surface area contributed by atoms with Crippen LogP contribution in [0.3, 0.4) is 0 Å². The Balaban J connectivity index is 1.78. The van der Waals surface area contributed by atoms with Crippen LogP contribution >= 0.6 is 0 Å². The summed E-state index contributed by atoms with van der Waals surface area (Å²) in [5.74, 6) is -1.48. The molecule has 0 spiro atoms. The summed E-state index contributed by atoms with van der Waals surface area (Å²) in [4.78, 5) is 11.8. The van der Waals surface area contributed by atoms with Crippen molar-refractivity contribution in [2.24, 2.45) is 0 Å². The zero-order chi connectivity index (χ0) is 13.8. The van der Waals surface area contributed by atoms with Gasteiger partial charge in [0.1, 0.15) is 24.9 Å². The van der Waals surface area contributed by atoms with Gasteiger partial charge in [0.05, 0.1) is 6.61 Å². The Morgan fingerprint density at radius 3 is 2.37 bits per heavy atom. The van der Waals surface area contributed by atoms with Crippen LogP contribution in [0.15, 0.2) is 0 Å². The minimum absolute atomic E-state index is 0.0333. The highest BCUT2D eigenvalue weighted by Crippen LogP contribution is 2.37. The van der Waals surface area contributed by atoms with E-state index in [9.17, 15) is 4.79 Å². The fraction of sp³-hybridized carbons (Fsp3) is 0.923. The lowest BCUT2D eigenvalue weighted by atomic mass is 9.98. The predicted molar refractivity (Wildman–Crippen MR) is 63.5 cm³/mol. The molecule has 19 heavy (non-hydrogen) atoms. The molecule has 3 aliphatic heterocycles. The fourth-order valence-electron chi connectivity index (χ4n) is 2.83. The van der Waals surface area contributed by atoms with Crippen molar-refractivity contribution in [2.75, 3.05) is 13.2 Å². The van der Waals surface area contributed by atoms with Gasteiger partial charge in [-0.05, 0) is 27.7 Å². The van der Waals surface area contributed by atoms with Crippen molar-refractivity contribution in [1.82, 2.24) is 0 Å². The highest BCUT2D eigenvalue weighted by atomic mass is 16.8. The molecule has 6 heteroatoms. The van der Waals surface area contributed by atoms with Gasteiger partial charge in [-0.1, -0.05) is 0 Å². The minimum Gasteiger partial charge on any atom is -0.365 e. The predicted octanol–water partition coefficient (Wildman–Crippen LogP) is 0.626. The van der Waals surface area contributed by atoms with Crippen molar-refractivity contribution >= 4 is 5.78 Å². The van der Waals surface area contributed by atoms with Crippen LogP contribution < -0.4 is 0 Å². The lowest BCUT2D eigenvalue weighted by molar-refractivity contribution is -0.190. The van der Waals surface area contributed by atoms with Gasteiger partial charge in [0.15, 0.2) is 23.5 Å². The number of carbonyl (C=O) groups is 1. The summed E-state index contributed by atoms with van der Waals surface area (Å²) >= 11 is 0.